The van der Waals surface area contributed by atoms with Crippen LogP contribution in [0, 0.1) is 6.92 Å². The maximum absolute atomic E-state index is 12.7. The van der Waals surface area contributed by atoms with Gasteiger partial charge in [-0.25, -0.2) is 0 Å². The molecular weight excluding hydrogens is 245 g/mol. The zero-order valence-electron chi connectivity index (χ0n) is 9.85. The summed E-state index contributed by atoms with van der Waals surface area (Å²) in [6.07, 6.45) is -3.98. The summed E-state index contributed by atoms with van der Waals surface area (Å²) in [6, 6.07) is 2.97. The third-order valence-electron chi connectivity index (χ3n) is 2.77. The highest BCUT2D eigenvalue weighted by Crippen LogP contribution is 2.32. The van der Waals surface area contributed by atoms with Crippen molar-refractivity contribution in [1.82, 2.24) is 9.97 Å². The highest BCUT2D eigenvalue weighted by molar-refractivity contribution is 5.59. The number of halogens is 3. The summed E-state index contributed by atoms with van der Waals surface area (Å²) >= 11 is 0. The zero-order valence-corrected chi connectivity index (χ0v) is 9.85. The molecular formula is C12H11F3N2O. The zero-order chi connectivity index (χ0) is 13.5. The Balaban J connectivity index is 2.74. The van der Waals surface area contributed by atoms with Crippen molar-refractivity contribution in [3.8, 4) is 11.4 Å². The second-order valence-electron chi connectivity index (χ2n) is 4.07. The fourth-order valence-electron chi connectivity index (χ4n) is 1.84. The molecule has 0 bridgehead atoms. The summed E-state index contributed by atoms with van der Waals surface area (Å²) in [6.45, 7) is 3.17. The molecule has 18 heavy (non-hydrogen) atoms. The predicted octanol–water partition coefficient (Wildman–Crippen LogP) is 2.76. The van der Waals surface area contributed by atoms with E-state index in [9.17, 15) is 18.0 Å². The number of pyridine rings is 2. The molecule has 0 saturated carbocycles. The smallest absolute Gasteiger partial charge is 0.335 e. The van der Waals surface area contributed by atoms with Crippen LogP contribution in [0.15, 0.2) is 16.9 Å². The molecule has 0 amide bonds. The van der Waals surface area contributed by atoms with Gasteiger partial charge in [0.15, 0.2) is 0 Å². The molecule has 0 aromatic heterocycles. The Morgan fingerprint density at radius 2 is 2.00 bits per heavy atom. The van der Waals surface area contributed by atoms with Crippen molar-refractivity contribution < 1.29 is 13.2 Å². The normalized spacial score (nSPS) is 12.1. The molecule has 2 heterocycles. The van der Waals surface area contributed by atoms with Crippen molar-refractivity contribution in [2.45, 2.75) is 26.4 Å². The van der Waals surface area contributed by atoms with Crippen molar-refractivity contribution in [2.24, 2.45) is 0 Å². The molecule has 6 heteroatoms. The summed E-state index contributed by atoms with van der Waals surface area (Å²) in [5.41, 5.74) is -0.270. The first-order valence-corrected chi connectivity index (χ1v) is 5.43. The minimum atomic E-state index is -4.48. The van der Waals surface area contributed by atoms with E-state index in [1.165, 1.54) is 13.0 Å². The third-order valence-corrected chi connectivity index (χ3v) is 2.77. The number of hydrogen-bond donors (Lipinski definition) is 1. The maximum atomic E-state index is 12.7. The largest absolute Gasteiger partial charge is 0.431 e. The number of aryl methyl sites for hydroxylation is 2. The highest BCUT2D eigenvalue weighted by Gasteiger charge is 2.34. The molecule has 0 atom stereocenters. The molecule has 2 aliphatic heterocycles. The van der Waals surface area contributed by atoms with Crippen LogP contribution in [0.4, 0.5) is 13.2 Å². The number of aromatic amines is 1. The number of rotatable bonds is 1. The van der Waals surface area contributed by atoms with Crippen LogP contribution in [0.1, 0.15) is 23.7 Å². The number of hydrogen-bond acceptors (Lipinski definition) is 2. The lowest BCUT2D eigenvalue weighted by Gasteiger charge is -2.14. The number of nitrogens with one attached hydrogen (secondary N) is 1. The van der Waals surface area contributed by atoms with Gasteiger partial charge in [-0.15, -0.1) is 0 Å². The van der Waals surface area contributed by atoms with E-state index in [-0.39, 0.29) is 11.4 Å². The van der Waals surface area contributed by atoms with Gasteiger partial charge in [0.25, 0.3) is 5.56 Å². The number of fused-ring (bicyclic) bond motifs is 1. The van der Waals surface area contributed by atoms with Crippen LogP contribution in [-0.4, -0.2) is 9.97 Å². The van der Waals surface area contributed by atoms with Crippen LogP contribution in [0.2, 0.25) is 0 Å². The molecule has 0 radical (unpaired) electrons. The van der Waals surface area contributed by atoms with E-state index in [0.717, 1.165) is 0 Å². The van der Waals surface area contributed by atoms with E-state index in [2.05, 4.69) is 9.97 Å². The van der Waals surface area contributed by atoms with Crippen LogP contribution in [0.3, 0.4) is 0 Å². The number of aromatic nitrogens is 2. The van der Waals surface area contributed by atoms with Crippen LogP contribution >= 0.6 is 0 Å². The Labute approximate surface area is 101 Å². The number of nitrogens with zero attached hydrogens (tertiary/aromatic N) is 1. The average molecular weight is 256 g/mol. The van der Waals surface area contributed by atoms with Crippen LogP contribution < -0.4 is 5.56 Å². The molecule has 0 aromatic rings. The van der Waals surface area contributed by atoms with Gasteiger partial charge >= 0.3 is 6.18 Å². The Morgan fingerprint density at radius 3 is 2.56 bits per heavy atom. The van der Waals surface area contributed by atoms with Gasteiger partial charge in [0.05, 0.1) is 0 Å². The van der Waals surface area contributed by atoms with Crippen LogP contribution in [0.25, 0.3) is 11.4 Å². The van der Waals surface area contributed by atoms with Gasteiger partial charge in [-0.3, -0.25) is 4.79 Å². The van der Waals surface area contributed by atoms with Gasteiger partial charge < -0.3 is 4.98 Å². The Kier molecular flexibility index (Phi) is 2.88. The van der Waals surface area contributed by atoms with Crippen molar-refractivity contribution in [3.05, 3.63) is 39.3 Å². The Hall–Kier alpha value is -1.85. The van der Waals surface area contributed by atoms with Crippen LogP contribution in [0.5, 0.6) is 0 Å². The van der Waals surface area contributed by atoms with Gasteiger partial charge in [-0.2, -0.15) is 18.2 Å². The molecule has 2 aliphatic rings. The lowest BCUT2D eigenvalue weighted by Crippen LogP contribution is -2.17. The molecule has 0 aliphatic carbocycles. The molecule has 0 saturated heterocycles. The molecule has 1 N–H and O–H groups in total. The minimum Gasteiger partial charge on any atom is -0.335 e. The van der Waals surface area contributed by atoms with Crippen molar-refractivity contribution in [1.29, 1.82) is 0 Å². The van der Waals surface area contributed by atoms with Gasteiger partial charge in [0, 0.05) is 11.1 Å². The molecule has 3 nitrogen and oxygen atoms in total. The van der Waals surface area contributed by atoms with E-state index in [4.69, 9.17) is 0 Å². The molecule has 96 valence electrons. The average Bonchev–Trinajstić information content (AvgIpc) is 2.26. The van der Waals surface area contributed by atoms with Crippen molar-refractivity contribution in [2.75, 3.05) is 0 Å². The Morgan fingerprint density at radius 1 is 1.33 bits per heavy atom. The lowest BCUT2D eigenvalue weighted by atomic mass is 10.1. The summed E-state index contributed by atoms with van der Waals surface area (Å²) in [5, 5.41) is 0. The third kappa shape index (κ3) is 2.10. The summed E-state index contributed by atoms with van der Waals surface area (Å²) < 4.78 is 38.1. The first kappa shape index (κ1) is 12.6. The first-order valence-electron chi connectivity index (χ1n) is 5.43. The monoisotopic (exact) mass is 256 g/mol. The van der Waals surface area contributed by atoms with Crippen LogP contribution in [-0.2, 0) is 12.6 Å². The van der Waals surface area contributed by atoms with E-state index >= 15 is 0 Å². The summed E-state index contributed by atoms with van der Waals surface area (Å²) in [5.74, 6) is -0.0323. The molecule has 0 spiro atoms. The SMILES string of the molecule is CCc1cc2cc(C)c(C(F)(F)F)[nH]c-2nc1=O. The molecule has 0 unspecified atom stereocenters. The predicted molar refractivity (Wildman–Crippen MR) is 60.6 cm³/mol. The van der Waals surface area contributed by atoms with E-state index < -0.39 is 17.4 Å². The minimum absolute atomic E-state index is 0.0323. The van der Waals surface area contributed by atoms with Crippen molar-refractivity contribution >= 4 is 0 Å². The van der Waals surface area contributed by atoms with E-state index in [1.54, 1.807) is 13.0 Å². The molecule has 0 aromatic carbocycles. The first-order chi connectivity index (χ1) is 8.32. The fourth-order valence-corrected chi connectivity index (χ4v) is 1.84. The number of alkyl halides is 3. The number of H-pyrrole nitrogens is 1. The maximum Gasteiger partial charge on any atom is 0.431 e. The highest BCUT2D eigenvalue weighted by atomic mass is 19.4. The van der Waals surface area contributed by atoms with Crippen molar-refractivity contribution in [3.63, 3.8) is 0 Å². The quantitative estimate of drug-likeness (QED) is 0.852. The van der Waals surface area contributed by atoms with Gasteiger partial charge in [-0.05, 0) is 31.0 Å². The standard InChI is InChI=1S/C12H11F3N2O/c1-3-7-5-8-4-6(2)9(12(13,14)15)16-10(8)17-11(7)18/h4-5H,3H2,1-2H3,(H,16,17,18). The van der Waals surface area contributed by atoms with Gasteiger partial charge in [0.2, 0.25) is 0 Å². The summed E-state index contributed by atoms with van der Waals surface area (Å²) in [7, 11) is 0. The van der Waals surface area contributed by atoms with E-state index in [0.29, 0.717) is 17.5 Å². The summed E-state index contributed by atoms with van der Waals surface area (Å²) in [4.78, 5) is 17.3. The molecule has 2 rings (SSSR count). The van der Waals surface area contributed by atoms with Gasteiger partial charge in [-0.1, -0.05) is 6.92 Å². The molecule has 0 fully saturated rings. The fraction of sp³-hybridized carbons (Fsp3) is 0.333. The second kappa shape index (κ2) is 4.12. The lowest BCUT2D eigenvalue weighted by molar-refractivity contribution is -0.141. The second-order valence-corrected chi connectivity index (χ2v) is 4.07. The Bertz CT molecular complexity index is 616. The topological polar surface area (TPSA) is 45.8 Å². The van der Waals surface area contributed by atoms with Gasteiger partial charge in [0.1, 0.15) is 11.5 Å². The van der Waals surface area contributed by atoms with E-state index in [1.807, 2.05) is 0 Å².